The zero-order valence-electron chi connectivity index (χ0n) is 21.0. The SMILES string of the molecule is CCS(=O)(=O)c1ccc(CC(=O)Nc2ccc(C(=O)N(CC3CC3)C(C)c3ccc(Cl)cc3)cc2)cc1. The lowest BCUT2D eigenvalue weighted by atomic mass is 10.0. The molecule has 0 radical (unpaired) electrons. The first-order valence-corrected chi connectivity index (χ1v) is 14.5. The Morgan fingerprint density at radius 1 is 0.973 bits per heavy atom. The second-order valence-electron chi connectivity index (χ2n) is 9.48. The largest absolute Gasteiger partial charge is 0.332 e. The van der Waals surface area contributed by atoms with Gasteiger partial charge in [0.2, 0.25) is 5.91 Å². The van der Waals surface area contributed by atoms with E-state index >= 15 is 0 Å². The number of sulfone groups is 1. The van der Waals surface area contributed by atoms with Crippen molar-refractivity contribution >= 4 is 38.9 Å². The van der Waals surface area contributed by atoms with Crippen LogP contribution < -0.4 is 5.32 Å². The Morgan fingerprint density at radius 2 is 1.59 bits per heavy atom. The summed E-state index contributed by atoms with van der Waals surface area (Å²) in [5.41, 5.74) is 2.90. The molecule has 1 N–H and O–H groups in total. The number of hydrogen-bond donors (Lipinski definition) is 1. The minimum absolute atomic E-state index is 0.0315. The van der Waals surface area contributed by atoms with Gasteiger partial charge in [0.1, 0.15) is 0 Å². The number of hydrogen-bond acceptors (Lipinski definition) is 4. The fourth-order valence-corrected chi connectivity index (χ4v) is 5.16. The van der Waals surface area contributed by atoms with E-state index in [2.05, 4.69) is 5.32 Å². The van der Waals surface area contributed by atoms with Crippen molar-refractivity contribution in [2.45, 2.75) is 44.0 Å². The van der Waals surface area contributed by atoms with E-state index < -0.39 is 9.84 Å². The monoisotopic (exact) mass is 538 g/mol. The summed E-state index contributed by atoms with van der Waals surface area (Å²) < 4.78 is 23.9. The Hall–Kier alpha value is -3.16. The highest BCUT2D eigenvalue weighted by Gasteiger charge is 2.30. The quantitative estimate of drug-likeness (QED) is 0.347. The lowest BCUT2D eigenvalue weighted by Gasteiger charge is -2.30. The Morgan fingerprint density at radius 3 is 2.16 bits per heavy atom. The van der Waals surface area contributed by atoms with Crippen molar-refractivity contribution < 1.29 is 18.0 Å². The summed E-state index contributed by atoms with van der Waals surface area (Å²) >= 11 is 6.04. The number of halogens is 1. The average molecular weight is 539 g/mol. The molecular weight excluding hydrogens is 508 g/mol. The van der Waals surface area contributed by atoms with Gasteiger partial charge in [0, 0.05) is 22.8 Å². The first kappa shape index (κ1) is 26.9. The molecule has 0 bridgehead atoms. The molecule has 1 aliphatic carbocycles. The van der Waals surface area contributed by atoms with E-state index in [0.29, 0.717) is 34.3 Å². The van der Waals surface area contributed by atoms with Crippen molar-refractivity contribution in [3.05, 3.63) is 94.5 Å². The summed E-state index contributed by atoms with van der Waals surface area (Å²) in [4.78, 5) is 28.1. The van der Waals surface area contributed by atoms with Crippen LogP contribution in [-0.4, -0.2) is 37.4 Å². The van der Waals surface area contributed by atoms with Crippen molar-refractivity contribution in [3.63, 3.8) is 0 Å². The van der Waals surface area contributed by atoms with Gasteiger partial charge in [-0.1, -0.05) is 42.8 Å². The molecule has 8 heteroatoms. The maximum atomic E-state index is 13.5. The average Bonchev–Trinajstić information content (AvgIpc) is 3.72. The van der Waals surface area contributed by atoms with E-state index in [9.17, 15) is 18.0 Å². The normalized spacial score (nSPS) is 14.1. The number of amides is 2. The smallest absolute Gasteiger partial charge is 0.254 e. The van der Waals surface area contributed by atoms with E-state index in [0.717, 1.165) is 18.4 Å². The summed E-state index contributed by atoms with van der Waals surface area (Å²) in [5, 5.41) is 3.51. The van der Waals surface area contributed by atoms with Crippen LogP contribution in [0, 0.1) is 5.92 Å². The molecule has 1 fully saturated rings. The van der Waals surface area contributed by atoms with Crippen LogP contribution in [0.5, 0.6) is 0 Å². The molecule has 1 unspecified atom stereocenters. The maximum Gasteiger partial charge on any atom is 0.254 e. The van der Waals surface area contributed by atoms with Crippen LogP contribution >= 0.6 is 11.6 Å². The number of carbonyl (C=O) groups excluding carboxylic acids is 2. The van der Waals surface area contributed by atoms with Crippen LogP contribution in [0.1, 0.15) is 54.2 Å². The third-order valence-electron chi connectivity index (χ3n) is 6.68. The van der Waals surface area contributed by atoms with Gasteiger partial charge < -0.3 is 10.2 Å². The lowest BCUT2D eigenvalue weighted by molar-refractivity contribution is -0.115. The fourth-order valence-electron chi connectivity index (χ4n) is 4.15. The van der Waals surface area contributed by atoms with Gasteiger partial charge in [-0.05, 0) is 85.3 Å². The molecule has 3 aromatic carbocycles. The van der Waals surface area contributed by atoms with E-state index in [1.165, 1.54) is 12.1 Å². The Balaban J connectivity index is 1.40. The van der Waals surface area contributed by atoms with Crippen LogP contribution in [-0.2, 0) is 21.1 Å². The molecule has 6 nitrogen and oxygen atoms in total. The van der Waals surface area contributed by atoms with Crippen molar-refractivity contribution in [3.8, 4) is 0 Å². The van der Waals surface area contributed by atoms with E-state index in [-0.39, 0.29) is 34.9 Å². The number of rotatable bonds is 10. The Labute approximate surface area is 223 Å². The Kier molecular flexibility index (Phi) is 8.35. The van der Waals surface area contributed by atoms with Gasteiger partial charge in [0.25, 0.3) is 5.91 Å². The molecule has 194 valence electrons. The highest BCUT2D eigenvalue weighted by Crippen LogP contribution is 2.34. The van der Waals surface area contributed by atoms with Gasteiger partial charge >= 0.3 is 0 Å². The highest BCUT2D eigenvalue weighted by molar-refractivity contribution is 7.91. The molecule has 0 spiro atoms. The van der Waals surface area contributed by atoms with Crippen LogP contribution in [0.4, 0.5) is 5.69 Å². The van der Waals surface area contributed by atoms with Gasteiger partial charge in [-0.15, -0.1) is 0 Å². The molecule has 4 rings (SSSR count). The number of anilines is 1. The summed E-state index contributed by atoms with van der Waals surface area (Å²) in [6.45, 7) is 4.34. The molecule has 0 aliphatic heterocycles. The number of carbonyl (C=O) groups is 2. The summed E-state index contributed by atoms with van der Waals surface area (Å²) in [6, 6.07) is 20.8. The minimum Gasteiger partial charge on any atom is -0.332 e. The van der Waals surface area contributed by atoms with Crippen LogP contribution in [0.15, 0.2) is 77.7 Å². The first-order chi connectivity index (χ1) is 17.7. The third kappa shape index (κ3) is 6.99. The van der Waals surface area contributed by atoms with Crippen molar-refractivity contribution in [1.82, 2.24) is 4.90 Å². The summed E-state index contributed by atoms with van der Waals surface area (Å²) in [7, 11) is -3.27. The molecule has 0 aromatic heterocycles. The molecule has 2 amide bonds. The van der Waals surface area contributed by atoms with Gasteiger partial charge in [-0.25, -0.2) is 8.42 Å². The Bertz CT molecular complexity index is 1350. The fraction of sp³-hybridized carbons (Fsp3) is 0.310. The lowest BCUT2D eigenvalue weighted by Crippen LogP contribution is -2.35. The van der Waals surface area contributed by atoms with Crippen molar-refractivity contribution in [2.75, 3.05) is 17.6 Å². The van der Waals surface area contributed by atoms with Crippen LogP contribution in [0.25, 0.3) is 0 Å². The molecule has 1 aliphatic rings. The van der Waals surface area contributed by atoms with E-state index in [1.807, 2.05) is 36.1 Å². The van der Waals surface area contributed by atoms with Crippen LogP contribution in [0.2, 0.25) is 5.02 Å². The second kappa shape index (κ2) is 11.5. The van der Waals surface area contributed by atoms with E-state index in [1.54, 1.807) is 43.3 Å². The molecule has 1 atom stereocenters. The summed E-state index contributed by atoms with van der Waals surface area (Å²) in [6.07, 6.45) is 2.39. The van der Waals surface area contributed by atoms with Gasteiger partial charge in [-0.3, -0.25) is 9.59 Å². The van der Waals surface area contributed by atoms with Gasteiger partial charge in [-0.2, -0.15) is 0 Å². The maximum absolute atomic E-state index is 13.5. The molecule has 3 aromatic rings. The molecular formula is C29H31ClN2O4S. The van der Waals surface area contributed by atoms with Crippen molar-refractivity contribution in [2.24, 2.45) is 5.92 Å². The number of nitrogens with one attached hydrogen (secondary N) is 1. The van der Waals surface area contributed by atoms with Gasteiger partial charge in [0.15, 0.2) is 9.84 Å². The van der Waals surface area contributed by atoms with E-state index in [4.69, 9.17) is 11.6 Å². The van der Waals surface area contributed by atoms with Crippen LogP contribution in [0.3, 0.4) is 0 Å². The first-order valence-electron chi connectivity index (χ1n) is 12.4. The molecule has 1 saturated carbocycles. The standard InChI is InChI=1S/C29H31ClN2O4S/c1-3-37(35,36)27-16-6-21(7-17-27)18-28(33)31-26-14-10-24(11-15-26)29(34)32(19-22-4-5-22)20(2)23-8-12-25(30)13-9-23/h6-17,20,22H,3-5,18-19H2,1-2H3,(H,31,33). The minimum atomic E-state index is -3.27. The number of benzene rings is 3. The second-order valence-corrected chi connectivity index (χ2v) is 12.2. The third-order valence-corrected chi connectivity index (χ3v) is 8.68. The zero-order chi connectivity index (χ0) is 26.6. The molecule has 0 saturated heterocycles. The molecule has 37 heavy (non-hydrogen) atoms. The zero-order valence-corrected chi connectivity index (χ0v) is 22.6. The summed E-state index contributed by atoms with van der Waals surface area (Å²) in [5.74, 6) is 0.295. The highest BCUT2D eigenvalue weighted by atomic mass is 35.5. The van der Waals surface area contributed by atoms with Crippen molar-refractivity contribution in [1.29, 1.82) is 0 Å². The predicted octanol–water partition coefficient (Wildman–Crippen LogP) is 5.93. The number of nitrogens with zero attached hydrogens (tertiary/aromatic N) is 1. The van der Waals surface area contributed by atoms with Gasteiger partial charge in [0.05, 0.1) is 23.1 Å². The topological polar surface area (TPSA) is 83.5 Å². The molecule has 0 heterocycles. The predicted molar refractivity (Wildman–Crippen MR) is 147 cm³/mol.